The first kappa shape index (κ1) is 12.4. The molecule has 1 unspecified atom stereocenters. The molecule has 2 aromatic heterocycles. The van der Waals surface area contributed by atoms with Crippen LogP contribution >= 0.6 is 0 Å². The lowest BCUT2D eigenvalue weighted by atomic mass is 9.95. The van der Waals surface area contributed by atoms with E-state index >= 15 is 0 Å². The highest BCUT2D eigenvalue weighted by Gasteiger charge is 2.12. The fourth-order valence-electron chi connectivity index (χ4n) is 2.53. The van der Waals surface area contributed by atoms with Crippen LogP contribution in [-0.2, 0) is 6.42 Å². The second-order valence-corrected chi connectivity index (χ2v) is 4.87. The smallest absolute Gasteiger partial charge is 0.0730 e. The van der Waals surface area contributed by atoms with E-state index in [0.29, 0.717) is 0 Å². The van der Waals surface area contributed by atoms with Gasteiger partial charge in [-0.3, -0.25) is 4.98 Å². The van der Waals surface area contributed by atoms with Gasteiger partial charge in [0.1, 0.15) is 0 Å². The SMILES string of the molecule is N#CC(CCc1c[nH]c2ccccc12)c1cccnc1. The number of rotatable bonds is 4. The van der Waals surface area contributed by atoms with E-state index in [1.54, 1.807) is 12.4 Å². The Morgan fingerprint density at radius 1 is 1.20 bits per heavy atom. The molecule has 20 heavy (non-hydrogen) atoms. The average molecular weight is 261 g/mol. The zero-order valence-electron chi connectivity index (χ0n) is 11.1. The summed E-state index contributed by atoms with van der Waals surface area (Å²) < 4.78 is 0. The lowest BCUT2D eigenvalue weighted by Gasteiger charge is -2.08. The lowest BCUT2D eigenvalue weighted by Crippen LogP contribution is -1.98. The van der Waals surface area contributed by atoms with Crippen molar-refractivity contribution in [2.24, 2.45) is 0 Å². The molecule has 0 bridgehead atoms. The maximum absolute atomic E-state index is 9.34. The summed E-state index contributed by atoms with van der Waals surface area (Å²) >= 11 is 0. The Bertz CT molecular complexity index is 738. The predicted octanol–water partition coefficient (Wildman–Crippen LogP) is 3.80. The van der Waals surface area contributed by atoms with Crippen molar-refractivity contribution in [2.75, 3.05) is 0 Å². The summed E-state index contributed by atoms with van der Waals surface area (Å²) in [6.45, 7) is 0. The minimum atomic E-state index is -0.0997. The molecule has 0 radical (unpaired) electrons. The van der Waals surface area contributed by atoms with Gasteiger partial charge in [0.05, 0.1) is 12.0 Å². The normalized spacial score (nSPS) is 12.2. The molecule has 98 valence electrons. The molecule has 3 rings (SSSR count). The third-order valence-electron chi connectivity index (χ3n) is 3.62. The second-order valence-electron chi connectivity index (χ2n) is 4.87. The van der Waals surface area contributed by atoms with Gasteiger partial charge in [0, 0.05) is 29.5 Å². The number of hydrogen-bond acceptors (Lipinski definition) is 2. The standard InChI is InChI=1S/C17H15N3/c18-10-13(14-4-3-9-19-11-14)7-8-15-12-20-17-6-2-1-5-16(15)17/h1-6,9,11-13,20H,7-8H2. The summed E-state index contributed by atoms with van der Waals surface area (Å²) in [6, 6.07) is 14.5. The van der Waals surface area contributed by atoms with Crippen molar-refractivity contribution in [3.63, 3.8) is 0 Å². The largest absolute Gasteiger partial charge is 0.361 e. The Kier molecular flexibility index (Phi) is 3.47. The molecule has 0 amide bonds. The van der Waals surface area contributed by atoms with Gasteiger partial charge >= 0.3 is 0 Å². The minimum absolute atomic E-state index is 0.0997. The number of H-pyrrole nitrogens is 1. The van der Waals surface area contributed by atoms with E-state index in [1.807, 2.05) is 30.5 Å². The fourth-order valence-corrected chi connectivity index (χ4v) is 2.53. The summed E-state index contributed by atoms with van der Waals surface area (Å²) in [5.74, 6) is -0.0997. The van der Waals surface area contributed by atoms with Crippen molar-refractivity contribution in [1.29, 1.82) is 5.26 Å². The van der Waals surface area contributed by atoms with Crippen molar-refractivity contribution in [2.45, 2.75) is 18.8 Å². The van der Waals surface area contributed by atoms with Gasteiger partial charge < -0.3 is 4.98 Å². The predicted molar refractivity (Wildman–Crippen MR) is 79.2 cm³/mol. The topological polar surface area (TPSA) is 52.5 Å². The number of aromatic amines is 1. The van der Waals surface area contributed by atoms with E-state index < -0.39 is 0 Å². The highest BCUT2D eigenvalue weighted by molar-refractivity contribution is 5.83. The average Bonchev–Trinajstić information content (AvgIpc) is 2.92. The molecule has 0 aliphatic rings. The lowest BCUT2D eigenvalue weighted by molar-refractivity contribution is 0.746. The first-order valence-corrected chi connectivity index (χ1v) is 6.73. The number of hydrogen-bond donors (Lipinski definition) is 1. The molecule has 1 atom stereocenters. The van der Waals surface area contributed by atoms with Crippen LogP contribution in [0.15, 0.2) is 55.0 Å². The van der Waals surface area contributed by atoms with Crippen molar-refractivity contribution >= 4 is 10.9 Å². The third-order valence-corrected chi connectivity index (χ3v) is 3.62. The number of fused-ring (bicyclic) bond motifs is 1. The van der Waals surface area contributed by atoms with Crippen molar-refractivity contribution in [1.82, 2.24) is 9.97 Å². The number of aryl methyl sites for hydroxylation is 1. The molecule has 0 aliphatic heterocycles. The van der Waals surface area contributed by atoms with Crippen molar-refractivity contribution in [3.05, 3.63) is 66.1 Å². The number of aromatic nitrogens is 2. The summed E-state index contributed by atoms with van der Waals surface area (Å²) in [4.78, 5) is 7.37. The zero-order chi connectivity index (χ0) is 13.8. The maximum atomic E-state index is 9.34. The van der Waals surface area contributed by atoms with Crippen molar-refractivity contribution in [3.8, 4) is 6.07 Å². The molecule has 3 nitrogen and oxygen atoms in total. The van der Waals surface area contributed by atoms with Gasteiger partial charge in [0.25, 0.3) is 0 Å². The fraction of sp³-hybridized carbons (Fsp3) is 0.176. The van der Waals surface area contributed by atoms with Crippen LogP contribution in [0.5, 0.6) is 0 Å². The van der Waals surface area contributed by atoms with Gasteiger partial charge in [0.15, 0.2) is 0 Å². The Morgan fingerprint density at radius 2 is 2.10 bits per heavy atom. The van der Waals surface area contributed by atoms with Gasteiger partial charge in [-0.25, -0.2) is 0 Å². The molecule has 1 N–H and O–H groups in total. The molecule has 0 aliphatic carbocycles. The molecule has 1 aromatic carbocycles. The number of pyridine rings is 1. The van der Waals surface area contributed by atoms with Crippen LogP contribution in [0, 0.1) is 11.3 Å². The van der Waals surface area contributed by atoms with Gasteiger partial charge in [-0.1, -0.05) is 24.3 Å². The number of nitrogens with zero attached hydrogens (tertiary/aromatic N) is 2. The summed E-state index contributed by atoms with van der Waals surface area (Å²) in [7, 11) is 0. The molecule has 3 aromatic rings. The number of nitriles is 1. The van der Waals surface area contributed by atoms with E-state index in [1.165, 1.54) is 10.9 Å². The summed E-state index contributed by atoms with van der Waals surface area (Å²) in [5, 5.41) is 10.6. The first-order valence-electron chi connectivity index (χ1n) is 6.73. The number of benzene rings is 1. The Balaban J connectivity index is 1.77. The van der Waals surface area contributed by atoms with Crippen molar-refractivity contribution < 1.29 is 0 Å². The van der Waals surface area contributed by atoms with Crippen LogP contribution in [-0.4, -0.2) is 9.97 Å². The third kappa shape index (κ3) is 2.41. The quantitative estimate of drug-likeness (QED) is 0.776. The van der Waals surface area contributed by atoms with E-state index in [0.717, 1.165) is 23.9 Å². The van der Waals surface area contributed by atoms with Crippen LogP contribution in [0.4, 0.5) is 0 Å². The molecule has 0 fully saturated rings. The monoisotopic (exact) mass is 261 g/mol. The van der Waals surface area contributed by atoms with E-state index in [4.69, 9.17) is 0 Å². The molecule has 0 spiro atoms. The summed E-state index contributed by atoms with van der Waals surface area (Å²) in [5.41, 5.74) is 3.41. The van der Waals surface area contributed by atoms with E-state index in [2.05, 4.69) is 28.2 Å². The van der Waals surface area contributed by atoms with Gasteiger partial charge in [-0.05, 0) is 36.1 Å². The zero-order valence-corrected chi connectivity index (χ0v) is 11.1. The van der Waals surface area contributed by atoms with Crippen LogP contribution in [0.2, 0.25) is 0 Å². The molecule has 3 heteroatoms. The minimum Gasteiger partial charge on any atom is -0.361 e. The Hall–Kier alpha value is -2.60. The van der Waals surface area contributed by atoms with Gasteiger partial charge in [0.2, 0.25) is 0 Å². The van der Waals surface area contributed by atoms with Gasteiger partial charge in [-0.15, -0.1) is 0 Å². The highest BCUT2D eigenvalue weighted by Crippen LogP contribution is 2.24. The van der Waals surface area contributed by atoms with Crippen LogP contribution in [0.3, 0.4) is 0 Å². The van der Waals surface area contributed by atoms with E-state index in [-0.39, 0.29) is 5.92 Å². The molecule has 2 heterocycles. The van der Waals surface area contributed by atoms with Crippen LogP contribution < -0.4 is 0 Å². The maximum Gasteiger partial charge on any atom is 0.0730 e. The molecular formula is C17H15N3. The second kappa shape index (κ2) is 5.58. The molecule has 0 saturated carbocycles. The molecular weight excluding hydrogens is 246 g/mol. The van der Waals surface area contributed by atoms with E-state index in [9.17, 15) is 5.26 Å². The Morgan fingerprint density at radius 3 is 2.90 bits per heavy atom. The number of para-hydroxylation sites is 1. The van der Waals surface area contributed by atoms with Gasteiger partial charge in [-0.2, -0.15) is 5.26 Å². The Labute approximate surface area is 117 Å². The first-order chi connectivity index (χ1) is 9.88. The molecule has 0 saturated heterocycles. The summed E-state index contributed by atoms with van der Waals surface area (Å²) in [6.07, 6.45) is 7.25. The van der Waals surface area contributed by atoms with Crippen LogP contribution in [0.1, 0.15) is 23.5 Å². The highest BCUT2D eigenvalue weighted by atomic mass is 14.7. The number of nitrogens with one attached hydrogen (secondary N) is 1. The van der Waals surface area contributed by atoms with Crippen LogP contribution in [0.25, 0.3) is 10.9 Å².